The van der Waals surface area contributed by atoms with Crippen LogP contribution in [0.15, 0.2) is 12.3 Å². The summed E-state index contributed by atoms with van der Waals surface area (Å²) in [4.78, 5) is 25.3. The molecule has 9 heteroatoms. The highest BCUT2D eigenvalue weighted by molar-refractivity contribution is 6.29. The molecule has 0 radical (unpaired) electrons. The number of carbonyl (C=O) groups excluding carboxylic acids is 1. The maximum Gasteiger partial charge on any atom is 0.300 e. The van der Waals surface area contributed by atoms with Gasteiger partial charge in [0.15, 0.2) is 0 Å². The van der Waals surface area contributed by atoms with Crippen molar-refractivity contribution in [1.82, 2.24) is 10.3 Å². The van der Waals surface area contributed by atoms with Gasteiger partial charge in [0.2, 0.25) is 0 Å². The number of hydrogen-bond donors (Lipinski definition) is 2. The van der Waals surface area contributed by atoms with Crippen LogP contribution in [-0.4, -0.2) is 47.3 Å². The molecule has 0 fully saturated rings. The molecule has 0 unspecified atom stereocenters. The fraction of sp³-hybridized carbons (Fsp3) is 0.400. The number of aromatic nitrogens is 1. The summed E-state index contributed by atoms with van der Waals surface area (Å²) in [7, 11) is 0. The monoisotopic (exact) mass is 289 g/mol. The van der Waals surface area contributed by atoms with Crippen LogP contribution in [0.1, 0.15) is 10.4 Å². The highest BCUT2D eigenvalue weighted by Gasteiger charge is 2.20. The molecule has 1 heterocycles. The van der Waals surface area contributed by atoms with Crippen LogP contribution in [0.25, 0.3) is 0 Å². The van der Waals surface area contributed by atoms with Gasteiger partial charge in [-0.05, 0) is 6.07 Å². The van der Waals surface area contributed by atoms with Crippen molar-refractivity contribution in [2.75, 3.05) is 26.4 Å². The van der Waals surface area contributed by atoms with E-state index in [2.05, 4.69) is 10.3 Å². The number of pyridine rings is 1. The van der Waals surface area contributed by atoms with Gasteiger partial charge in [-0.2, -0.15) is 0 Å². The first-order valence-corrected chi connectivity index (χ1v) is 5.70. The third-order valence-electron chi connectivity index (χ3n) is 2.06. The molecule has 0 bridgehead atoms. The largest absolute Gasteiger partial charge is 0.394 e. The number of aliphatic hydroxyl groups is 1. The Labute approximate surface area is 113 Å². The molecule has 0 aromatic carbocycles. The molecule has 0 spiro atoms. The third kappa shape index (κ3) is 4.78. The number of nitro groups is 1. The van der Waals surface area contributed by atoms with Crippen molar-refractivity contribution >= 4 is 23.2 Å². The van der Waals surface area contributed by atoms with E-state index in [1.165, 1.54) is 0 Å². The summed E-state index contributed by atoms with van der Waals surface area (Å²) in [5.41, 5.74) is -0.578. The molecule has 0 aliphatic rings. The van der Waals surface area contributed by atoms with E-state index in [0.29, 0.717) is 0 Å². The highest BCUT2D eigenvalue weighted by atomic mass is 35.5. The van der Waals surface area contributed by atoms with Gasteiger partial charge in [-0.25, -0.2) is 4.98 Å². The Balaban J connectivity index is 2.65. The van der Waals surface area contributed by atoms with Gasteiger partial charge in [0.1, 0.15) is 16.9 Å². The number of nitrogens with one attached hydrogen (secondary N) is 1. The molecule has 0 saturated heterocycles. The van der Waals surface area contributed by atoms with Crippen molar-refractivity contribution in [3.05, 3.63) is 33.1 Å². The number of amides is 1. The topological polar surface area (TPSA) is 115 Å². The lowest BCUT2D eigenvalue weighted by Gasteiger charge is -2.06. The summed E-state index contributed by atoms with van der Waals surface area (Å²) in [6.45, 7) is 0.408. The number of carbonyl (C=O) groups is 1. The van der Waals surface area contributed by atoms with Crippen LogP contribution in [-0.2, 0) is 4.74 Å². The molecule has 0 aliphatic carbocycles. The first-order valence-electron chi connectivity index (χ1n) is 5.33. The number of hydrogen-bond acceptors (Lipinski definition) is 6. The Morgan fingerprint density at radius 3 is 2.95 bits per heavy atom. The number of ether oxygens (including phenoxy) is 1. The van der Waals surface area contributed by atoms with Crippen LogP contribution < -0.4 is 5.32 Å². The average Bonchev–Trinajstić information content (AvgIpc) is 2.37. The zero-order valence-corrected chi connectivity index (χ0v) is 10.6. The Morgan fingerprint density at radius 2 is 2.32 bits per heavy atom. The van der Waals surface area contributed by atoms with Gasteiger partial charge in [-0.3, -0.25) is 14.9 Å². The van der Waals surface area contributed by atoms with E-state index in [-0.39, 0.29) is 37.1 Å². The van der Waals surface area contributed by atoms with E-state index in [0.717, 1.165) is 12.3 Å². The second kappa shape index (κ2) is 7.62. The van der Waals surface area contributed by atoms with Crippen LogP contribution >= 0.6 is 11.6 Å². The molecule has 0 saturated carbocycles. The predicted octanol–water partition coefficient (Wildman–Crippen LogP) is 0.382. The van der Waals surface area contributed by atoms with Gasteiger partial charge >= 0.3 is 0 Å². The second-order valence-electron chi connectivity index (χ2n) is 3.37. The summed E-state index contributed by atoms with van der Waals surface area (Å²) >= 11 is 5.60. The molecule has 1 rings (SSSR count). The van der Waals surface area contributed by atoms with Crippen molar-refractivity contribution in [3.63, 3.8) is 0 Å². The van der Waals surface area contributed by atoms with Crippen molar-refractivity contribution in [2.45, 2.75) is 0 Å². The fourth-order valence-electron chi connectivity index (χ4n) is 1.25. The van der Waals surface area contributed by atoms with Crippen LogP contribution in [0, 0.1) is 10.1 Å². The minimum atomic E-state index is -0.708. The van der Waals surface area contributed by atoms with Crippen LogP contribution in [0.5, 0.6) is 0 Å². The normalized spacial score (nSPS) is 10.2. The molecule has 8 nitrogen and oxygen atoms in total. The Bertz CT molecular complexity index is 468. The van der Waals surface area contributed by atoms with Gasteiger partial charge < -0.3 is 15.2 Å². The minimum Gasteiger partial charge on any atom is -0.394 e. The molecule has 104 valence electrons. The van der Waals surface area contributed by atoms with E-state index in [1.54, 1.807) is 0 Å². The Hall–Kier alpha value is -1.77. The van der Waals surface area contributed by atoms with Gasteiger partial charge in [-0.15, -0.1) is 0 Å². The Morgan fingerprint density at radius 1 is 1.58 bits per heavy atom. The first-order chi connectivity index (χ1) is 9.06. The first kappa shape index (κ1) is 15.3. The minimum absolute atomic E-state index is 0.00715. The molecule has 0 aliphatic heterocycles. The van der Waals surface area contributed by atoms with E-state index < -0.39 is 16.5 Å². The van der Waals surface area contributed by atoms with E-state index in [4.69, 9.17) is 21.4 Å². The average molecular weight is 290 g/mol. The van der Waals surface area contributed by atoms with Crippen molar-refractivity contribution in [1.29, 1.82) is 0 Å². The van der Waals surface area contributed by atoms with Crippen molar-refractivity contribution < 1.29 is 19.6 Å². The maximum absolute atomic E-state index is 11.7. The molecular formula is C10H12ClN3O5. The predicted molar refractivity (Wildman–Crippen MR) is 66.1 cm³/mol. The summed E-state index contributed by atoms with van der Waals surface area (Å²) in [5.74, 6) is -0.636. The second-order valence-corrected chi connectivity index (χ2v) is 3.76. The summed E-state index contributed by atoms with van der Waals surface area (Å²) in [6.07, 6.45) is 0.930. The standard InChI is InChI=1S/C10H12ClN3O5/c11-9-5-7(8(6-13-9)14(17)18)10(16)12-1-3-19-4-2-15/h5-6,15H,1-4H2,(H,12,16). The third-order valence-corrected chi connectivity index (χ3v) is 2.27. The van der Waals surface area contributed by atoms with E-state index in [9.17, 15) is 14.9 Å². The van der Waals surface area contributed by atoms with Gasteiger partial charge in [0.25, 0.3) is 11.6 Å². The van der Waals surface area contributed by atoms with Crippen molar-refractivity contribution in [2.24, 2.45) is 0 Å². The van der Waals surface area contributed by atoms with E-state index >= 15 is 0 Å². The SMILES string of the molecule is O=C(NCCOCCO)c1cc(Cl)ncc1[N+](=O)[O-]. The molecule has 2 N–H and O–H groups in total. The smallest absolute Gasteiger partial charge is 0.300 e. The lowest BCUT2D eigenvalue weighted by atomic mass is 10.2. The molecular weight excluding hydrogens is 278 g/mol. The fourth-order valence-corrected chi connectivity index (χ4v) is 1.41. The number of rotatable bonds is 7. The molecule has 1 aromatic heterocycles. The van der Waals surface area contributed by atoms with Crippen LogP contribution in [0.3, 0.4) is 0 Å². The van der Waals surface area contributed by atoms with Crippen LogP contribution in [0.2, 0.25) is 5.15 Å². The van der Waals surface area contributed by atoms with E-state index in [1.807, 2.05) is 0 Å². The summed E-state index contributed by atoms with van der Waals surface area (Å²) < 4.78 is 4.93. The molecule has 0 atom stereocenters. The molecule has 1 amide bonds. The molecule has 1 aromatic rings. The van der Waals surface area contributed by atoms with Crippen molar-refractivity contribution in [3.8, 4) is 0 Å². The molecule has 19 heavy (non-hydrogen) atoms. The highest BCUT2D eigenvalue weighted by Crippen LogP contribution is 2.19. The quantitative estimate of drug-likeness (QED) is 0.325. The van der Waals surface area contributed by atoms with Gasteiger partial charge in [0.05, 0.1) is 24.7 Å². The van der Waals surface area contributed by atoms with Gasteiger partial charge in [0, 0.05) is 6.54 Å². The Kier molecular flexibility index (Phi) is 6.13. The van der Waals surface area contributed by atoms with Crippen LogP contribution in [0.4, 0.5) is 5.69 Å². The van der Waals surface area contributed by atoms with Gasteiger partial charge in [-0.1, -0.05) is 11.6 Å². The summed E-state index contributed by atoms with van der Waals surface area (Å²) in [6, 6.07) is 1.13. The number of nitrogens with zero attached hydrogens (tertiary/aromatic N) is 2. The number of aliphatic hydroxyl groups excluding tert-OH is 1. The number of halogens is 1. The zero-order valence-electron chi connectivity index (χ0n) is 9.84. The summed E-state index contributed by atoms with van der Waals surface area (Å²) in [5, 5.41) is 21.7. The maximum atomic E-state index is 11.7. The lowest BCUT2D eigenvalue weighted by molar-refractivity contribution is -0.385. The lowest BCUT2D eigenvalue weighted by Crippen LogP contribution is -2.28. The zero-order chi connectivity index (χ0) is 14.3.